The van der Waals surface area contributed by atoms with E-state index in [1.165, 1.54) is 14.2 Å². The van der Waals surface area contributed by atoms with E-state index in [9.17, 15) is 14.4 Å². The Morgan fingerprint density at radius 2 is 1.29 bits per heavy atom. The van der Waals surface area contributed by atoms with Gasteiger partial charge in [0.1, 0.15) is 11.5 Å². The summed E-state index contributed by atoms with van der Waals surface area (Å²) < 4.78 is 22.5. The van der Waals surface area contributed by atoms with Crippen LogP contribution in [0.15, 0.2) is 60.7 Å². The van der Waals surface area contributed by atoms with E-state index in [4.69, 9.17) is 18.9 Å². The highest BCUT2D eigenvalue weighted by atomic mass is 16.6. The van der Waals surface area contributed by atoms with Crippen LogP contribution in [0.2, 0.25) is 0 Å². The minimum atomic E-state index is -1.13. The molecule has 3 aromatic rings. The zero-order valence-corrected chi connectivity index (χ0v) is 22.9. The maximum Gasteiger partial charge on any atom is 0.340 e. The van der Waals surface area contributed by atoms with Crippen molar-refractivity contribution in [3.63, 3.8) is 0 Å². The van der Waals surface area contributed by atoms with Crippen molar-refractivity contribution in [3.8, 4) is 11.5 Å². The summed E-state index contributed by atoms with van der Waals surface area (Å²) in [6, 6.07) is 19.5. The van der Waals surface area contributed by atoms with Gasteiger partial charge in [0.2, 0.25) is 0 Å². The molecule has 3 aromatic carbocycles. The maximum atomic E-state index is 13.2. The molecule has 4 aliphatic rings. The third kappa shape index (κ3) is 4.02. The topological polar surface area (TPSA) is 94.6 Å². The molecule has 7 rings (SSSR count). The molecule has 4 heterocycles. The Balaban J connectivity index is 1.24. The van der Waals surface area contributed by atoms with Crippen LogP contribution in [0.5, 0.6) is 11.5 Å². The number of rotatable bonds is 6. The predicted molar refractivity (Wildman–Crippen MR) is 149 cm³/mol. The van der Waals surface area contributed by atoms with Gasteiger partial charge in [0.05, 0.1) is 32.6 Å². The molecular formula is C32H30N2O7. The summed E-state index contributed by atoms with van der Waals surface area (Å²) in [7, 11) is 2.82. The average Bonchev–Trinajstić information content (AvgIpc) is 3.24. The molecule has 1 spiro atoms. The fourth-order valence-electron chi connectivity index (χ4n) is 6.50. The largest absolute Gasteiger partial charge is 0.469 e. The first-order valence-electron chi connectivity index (χ1n) is 13.8. The molecule has 0 atom stereocenters. The molecule has 210 valence electrons. The molecule has 0 amide bonds. The molecule has 0 unspecified atom stereocenters. The number of esters is 3. The van der Waals surface area contributed by atoms with Crippen LogP contribution in [-0.2, 0) is 29.4 Å². The van der Waals surface area contributed by atoms with Crippen LogP contribution in [0, 0.1) is 11.8 Å². The van der Waals surface area contributed by atoms with E-state index < -0.39 is 5.60 Å². The number of carbonyl (C=O) groups is 3. The Bertz CT molecular complexity index is 1490. The maximum absolute atomic E-state index is 13.2. The van der Waals surface area contributed by atoms with Crippen molar-refractivity contribution in [2.75, 3.05) is 50.2 Å². The minimum absolute atomic E-state index is 0.196. The van der Waals surface area contributed by atoms with Gasteiger partial charge in [0, 0.05) is 78.2 Å². The molecule has 0 bridgehead atoms. The van der Waals surface area contributed by atoms with Crippen LogP contribution >= 0.6 is 0 Å². The van der Waals surface area contributed by atoms with Gasteiger partial charge in [-0.1, -0.05) is 18.2 Å². The lowest BCUT2D eigenvalue weighted by Crippen LogP contribution is -2.48. The molecule has 0 saturated carbocycles. The van der Waals surface area contributed by atoms with Crippen molar-refractivity contribution in [1.82, 2.24) is 0 Å². The summed E-state index contributed by atoms with van der Waals surface area (Å²) in [6.07, 6.45) is 0.800. The highest BCUT2D eigenvalue weighted by Gasteiger charge is 2.53. The van der Waals surface area contributed by atoms with Gasteiger partial charge in [-0.25, -0.2) is 4.79 Å². The standard InChI is InChI=1S/C32H30N2O7/c1-38-29(35)11-19-15-33(16-19)21-7-9-25-27(13-21)40-28-14-22(34-17-20(18-34)12-30(36)39-2)8-10-26(28)32(25)24-6-4-3-5-23(24)31(37)41-32/h3-10,13-14,19-20H,11-12,15-18H2,1-2H3. The van der Waals surface area contributed by atoms with Crippen molar-refractivity contribution in [2.45, 2.75) is 18.4 Å². The molecule has 0 radical (unpaired) electrons. The monoisotopic (exact) mass is 554 g/mol. The average molecular weight is 555 g/mol. The normalized spacial score (nSPS) is 18.3. The van der Waals surface area contributed by atoms with Crippen molar-refractivity contribution in [1.29, 1.82) is 0 Å². The van der Waals surface area contributed by atoms with E-state index in [0.29, 0.717) is 29.9 Å². The molecular weight excluding hydrogens is 524 g/mol. The van der Waals surface area contributed by atoms with Gasteiger partial charge in [0.25, 0.3) is 0 Å². The van der Waals surface area contributed by atoms with E-state index in [0.717, 1.165) is 54.2 Å². The van der Waals surface area contributed by atoms with E-state index in [1.807, 2.05) is 54.6 Å². The molecule has 0 aromatic heterocycles. The predicted octanol–water partition coefficient (Wildman–Crippen LogP) is 4.25. The van der Waals surface area contributed by atoms with Gasteiger partial charge < -0.3 is 28.7 Å². The summed E-state index contributed by atoms with van der Waals surface area (Å²) in [6.45, 7) is 3.00. The summed E-state index contributed by atoms with van der Waals surface area (Å²) in [5, 5.41) is 0. The van der Waals surface area contributed by atoms with Gasteiger partial charge in [-0.15, -0.1) is 0 Å². The number of benzene rings is 3. The highest BCUT2D eigenvalue weighted by Crippen LogP contribution is 2.57. The first-order valence-corrected chi connectivity index (χ1v) is 13.8. The van der Waals surface area contributed by atoms with Crippen LogP contribution < -0.4 is 14.5 Å². The number of methoxy groups -OCH3 is 2. The Labute approximate surface area is 237 Å². The van der Waals surface area contributed by atoms with Crippen LogP contribution in [0.25, 0.3) is 0 Å². The third-order valence-electron chi connectivity index (χ3n) is 8.69. The fourth-order valence-corrected chi connectivity index (χ4v) is 6.50. The quantitative estimate of drug-likeness (QED) is 0.327. The second-order valence-electron chi connectivity index (χ2n) is 11.2. The molecule has 2 fully saturated rings. The summed E-state index contributed by atoms with van der Waals surface area (Å²) in [5.74, 6) is 0.985. The lowest BCUT2D eigenvalue weighted by atomic mass is 9.77. The van der Waals surface area contributed by atoms with E-state index in [1.54, 1.807) is 6.07 Å². The molecule has 41 heavy (non-hydrogen) atoms. The first kappa shape index (κ1) is 25.4. The number of hydrogen-bond donors (Lipinski definition) is 0. The number of carbonyl (C=O) groups excluding carboxylic acids is 3. The fraction of sp³-hybridized carbons (Fsp3) is 0.344. The van der Waals surface area contributed by atoms with Crippen molar-refractivity contribution in [3.05, 3.63) is 82.9 Å². The summed E-state index contributed by atoms with van der Waals surface area (Å²) in [4.78, 5) is 40.9. The Morgan fingerprint density at radius 3 is 1.80 bits per heavy atom. The van der Waals surface area contributed by atoms with Gasteiger partial charge in [-0.05, 0) is 30.3 Å². The van der Waals surface area contributed by atoms with Crippen LogP contribution in [0.3, 0.4) is 0 Å². The Morgan fingerprint density at radius 1 is 0.780 bits per heavy atom. The SMILES string of the molecule is COC(=O)CC1CN(c2ccc3c(c2)Oc2cc(N4CC(CC(=O)OC)C4)ccc2C32OC(=O)c3ccccc32)C1. The second-order valence-corrected chi connectivity index (χ2v) is 11.2. The zero-order valence-electron chi connectivity index (χ0n) is 22.9. The van der Waals surface area contributed by atoms with Gasteiger partial charge in [0.15, 0.2) is 5.60 Å². The summed E-state index contributed by atoms with van der Waals surface area (Å²) in [5.41, 5.74) is 3.71. The summed E-state index contributed by atoms with van der Waals surface area (Å²) >= 11 is 0. The first-order chi connectivity index (χ1) is 19.9. The van der Waals surface area contributed by atoms with Gasteiger partial charge in [-0.3, -0.25) is 9.59 Å². The van der Waals surface area contributed by atoms with Crippen molar-refractivity contribution >= 4 is 29.3 Å². The van der Waals surface area contributed by atoms with Crippen molar-refractivity contribution in [2.24, 2.45) is 11.8 Å². The number of nitrogens with zero attached hydrogens (tertiary/aromatic N) is 2. The number of hydrogen-bond acceptors (Lipinski definition) is 9. The van der Waals surface area contributed by atoms with Crippen LogP contribution in [0.1, 0.15) is 39.9 Å². The Hall–Kier alpha value is -4.53. The second kappa shape index (κ2) is 9.54. The zero-order chi connectivity index (χ0) is 28.3. The van der Waals surface area contributed by atoms with Gasteiger partial charge in [-0.2, -0.15) is 0 Å². The lowest BCUT2D eigenvalue weighted by molar-refractivity contribution is -0.142. The molecule has 0 aliphatic carbocycles. The number of anilines is 2. The number of fused-ring (bicyclic) bond motifs is 6. The van der Waals surface area contributed by atoms with Gasteiger partial charge >= 0.3 is 17.9 Å². The smallest absolute Gasteiger partial charge is 0.340 e. The molecule has 9 heteroatoms. The molecule has 0 N–H and O–H groups in total. The van der Waals surface area contributed by atoms with E-state index in [-0.39, 0.29) is 29.7 Å². The molecule has 9 nitrogen and oxygen atoms in total. The third-order valence-corrected chi connectivity index (χ3v) is 8.69. The Kier molecular flexibility index (Phi) is 5.92. The van der Waals surface area contributed by atoms with Crippen LogP contribution in [0.4, 0.5) is 11.4 Å². The minimum Gasteiger partial charge on any atom is -0.469 e. The van der Waals surface area contributed by atoms with Crippen LogP contribution in [-0.4, -0.2) is 58.3 Å². The van der Waals surface area contributed by atoms with E-state index in [2.05, 4.69) is 9.80 Å². The molecule has 2 saturated heterocycles. The molecule has 4 aliphatic heterocycles. The van der Waals surface area contributed by atoms with Crippen molar-refractivity contribution < 1.29 is 33.3 Å². The number of ether oxygens (including phenoxy) is 4. The lowest BCUT2D eigenvalue weighted by Gasteiger charge is -2.43. The highest BCUT2D eigenvalue weighted by molar-refractivity contribution is 5.97. The van der Waals surface area contributed by atoms with E-state index >= 15 is 0 Å².